The van der Waals surface area contributed by atoms with Crippen molar-refractivity contribution in [3.63, 3.8) is 0 Å². The van der Waals surface area contributed by atoms with E-state index in [-0.39, 0.29) is 11.2 Å². The largest absolute Gasteiger partial charge is 0.295 e. The average molecular weight is 291 g/mol. The highest BCUT2D eigenvalue weighted by Crippen LogP contribution is 2.49. The van der Waals surface area contributed by atoms with E-state index in [2.05, 4.69) is 38.1 Å². The number of allylic oxidation sites excluding steroid dienone is 2. The van der Waals surface area contributed by atoms with Crippen LogP contribution < -0.4 is 0 Å². The standard InChI is InChI=1S/C20H21NO/c1-12(22)19-14-8-6-10-17-18(14)15(11-20(19,2)3)13-7-4-5-9-16(13)21-17/h4-5,7,9H,6,8,10-11H2,1-3H3. The number of rotatable bonds is 1. The van der Waals surface area contributed by atoms with Crippen LogP contribution in [0.1, 0.15) is 50.4 Å². The van der Waals surface area contributed by atoms with Gasteiger partial charge >= 0.3 is 0 Å². The number of aromatic nitrogens is 1. The number of fused-ring (bicyclic) bond motifs is 2. The fraction of sp³-hybridized carbons (Fsp3) is 0.400. The lowest BCUT2D eigenvalue weighted by atomic mass is 9.65. The summed E-state index contributed by atoms with van der Waals surface area (Å²) in [5.74, 6) is 0.228. The highest BCUT2D eigenvalue weighted by molar-refractivity contribution is 6.05. The van der Waals surface area contributed by atoms with Gasteiger partial charge in [-0.05, 0) is 55.2 Å². The van der Waals surface area contributed by atoms with E-state index in [1.165, 1.54) is 27.8 Å². The van der Waals surface area contributed by atoms with Crippen LogP contribution in [0.4, 0.5) is 0 Å². The van der Waals surface area contributed by atoms with Crippen molar-refractivity contribution in [2.75, 3.05) is 0 Å². The Balaban J connectivity index is 2.15. The second-order valence-electron chi connectivity index (χ2n) is 7.25. The highest BCUT2D eigenvalue weighted by Gasteiger charge is 2.38. The van der Waals surface area contributed by atoms with Crippen LogP contribution in [0.3, 0.4) is 0 Å². The lowest BCUT2D eigenvalue weighted by Crippen LogP contribution is -2.30. The quantitative estimate of drug-likeness (QED) is 0.774. The minimum atomic E-state index is -0.0904. The number of aryl methyl sites for hydroxylation is 1. The molecule has 0 spiro atoms. The van der Waals surface area contributed by atoms with E-state index in [1.54, 1.807) is 6.92 Å². The minimum absolute atomic E-state index is 0.0904. The van der Waals surface area contributed by atoms with Gasteiger partial charge in [-0.15, -0.1) is 0 Å². The second kappa shape index (κ2) is 4.52. The normalized spacial score (nSPS) is 19.2. The van der Waals surface area contributed by atoms with Gasteiger partial charge in [0.25, 0.3) is 0 Å². The Kier molecular flexibility index (Phi) is 2.81. The van der Waals surface area contributed by atoms with Crippen LogP contribution in [0, 0.1) is 5.41 Å². The van der Waals surface area contributed by atoms with E-state index in [4.69, 9.17) is 4.98 Å². The first-order chi connectivity index (χ1) is 10.5. The zero-order chi connectivity index (χ0) is 15.5. The molecule has 1 aromatic carbocycles. The molecule has 2 nitrogen and oxygen atoms in total. The maximum absolute atomic E-state index is 12.3. The molecule has 2 heteroatoms. The molecule has 0 radical (unpaired) electrons. The van der Waals surface area contributed by atoms with Crippen molar-refractivity contribution in [3.8, 4) is 0 Å². The molecule has 2 aromatic rings. The molecule has 0 atom stereocenters. The number of pyridine rings is 1. The van der Waals surface area contributed by atoms with E-state index in [1.807, 2.05) is 0 Å². The fourth-order valence-electron chi connectivity index (χ4n) is 4.49. The van der Waals surface area contributed by atoms with Crippen LogP contribution in [-0.2, 0) is 17.6 Å². The first-order valence-electron chi connectivity index (χ1n) is 8.14. The van der Waals surface area contributed by atoms with Crippen molar-refractivity contribution < 1.29 is 4.79 Å². The van der Waals surface area contributed by atoms with Crippen LogP contribution in [-0.4, -0.2) is 10.8 Å². The molecule has 4 rings (SSSR count). The number of benzene rings is 1. The van der Waals surface area contributed by atoms with Crippen LogP contribution in [0.25, 0.3) is 16.5 Å². The Morgan fingerprint density at radius 1 is 1.18 bits per heavy atom. The number of carbonyl (C=O) groups is 1. The molecule has 0 aliphatic heterocycles. The maximum atomic E-state index is 12.3. The van der Waals surface area contributed by atoms with Gasteiger partial charge in [0.15, 0.2) is 5.78 Å². The second-order valence-corrected chi connectivity index (χ2v) is 7.25. The van der Waals surface area contributed by atoms with Crippen molar-refractivity contribution in [1.29, 1.82) is 0 Å². The number of Topliss-reactive ketones (excluding diaryl/α,β-unsaturated/α-hetero) is 1. The van der Waals surface area contributed by atoms with Crippen molar-refractivity contribution >= 4 is 22.3 Å². The summed E-state index contributed by atoms with van der Waals surface area (Å²) in [5.41, 5.74) is 7.23. The van der Waals surface area contributed by atoms with Gasteiger partial charge in [0.05, 0.1) is 5.52 Å². The Labute approximate surface area is 131 Å². The SMILES string of the molecule is CC(=O)C1=C2CCCc3nc4ccccc4c(c32)CC1(C)C. The summed E-state index contributed by atoms with van der Waals surface area (Å²) in [5, 5.41) is 1.26. The topological polar surface area (TPSA) is 30.0 Å². The summed E-state index contributed by atoms with van der Waals surface area (Å²) >= 11 is 0. The molecule has 112 valence electrons. The fourth-order valence-corrected chi connectivity index (χ4v) is 4.49. The van der Waals surface area contributed by atoms with Gasteiger partial charge in [-0.25, -0.2) is 0 Å². The van der Waals surface area contributed by atoms with Crippen molar-refractivity contribution in [2.45, 2.75) is 46.5 Å². The Bertz CT molecular complexity index is 842. The van der Waals surface area contributed by atoms with E-state index < -0.39 is 0 Å². The molecule has 0 saturated heterocycles. The molecule has 22 heavy (non-hydrogen) atoms. The van der Waals surface area contributed by atoms with Crippen LogP contribution in [0.2, 0.25) is 0 Å². The van der Waals surface area contributed by atoms with Gasteiger partial charge in [0.1, 0.15) is 0 Å². The average Bonchev–Trinajstić information content (AvgIpc) is 2.45. The number of hydrogen-bond donors (Lipinski definition) is 0. The van der Waals surface area contributed by atoms with E-state index in [9.17, 15) is 4.79 Å². The molecular weight excluding hydrogens is 270 g/mol. The predicted molar refractivity (Wildman–Crippen MR) is 89.8 cm³/mol. The van der Waals surface area contributed by atoms with Crippen molar-refractivity contribution in [2.24, 2.45) is 5.41 Å². The lowest BCUT2D eigenvalue weighted by molar-refractivity contribution is -0.114. The molecule has 0 fully saturated rings. The number of ketones is 1. The Morgan fingerprint density at radius 2 is 1.95 bits per heavy atom. The van der Waals surface area contributed by atoms with Gasteiger partial charge < -0.3 is 0 Å². The van der Waals surface area contributed by atoms with Gasteiger partial charge in [-0.3, -0.25) is 9.78 Å². The molecule has 0 unspecified atom stereocenters. The minimum Gasteiger partial charge on any atom is -0.295 e. The Hall–Kier alpha value is -1.96. The number of para-hydroxylation sites is 1. The first kappa shape index (κ1) is 13.7. The summed E-state index contributed by atoms with van der Waals surface area (Å²) in [7, 11) is 0. The molecular formula is C20H21NO. The van der Waals surface area contributed by atoms with Crippen LogP contribution in [0.15, 0.2) is 29.8 Å². The van der Waals surface area contributed by atoms with E-state index in [0.717, 1.165) is 36.8 Å². The smallest absolute Gasteiger partial charge is 0.156 e. The van der Waals surface area contributed by atoms with Crippen molar-refractivity contribution in [1.82, 2.24) is 4.98 Å². The molecule has 2 aliphatic rings. The van der Waals surface area contributed by atoms with Gasteiger partial charge in [0.2, 0.25) is 0 Å². The summed E-state index contributed by atoms with van der Waals surface area (Å²) in [6.07, 6.45) is 4.07. The number of carbonyl (C=O) groups excluding carboxylic acids is 1. The van der Waals surface area contributed by atoms with Gasteiger partial charge in [-0.2, -0.15) is 0 Å². The molecule has 1 heterocycles. The number of nitrogens with zero attached hydrogens (tertiary/aromatic N) is 1. The molecule has 2 aliphatic carbocycles. The maximum Gasteiger partial charge on any atom is 0.156 e. The zero-order valence-corrected chi connectivity index (χ0v) is 13.5. The van der Waals surface area contributed by atoms with Crippen molar-refractivity contribution in [3.05, 3.63) is 46.7 Å². The summed E-state index contributed by atoms with van der Waals surface area (Å²) < 4.78 is 0. The molecule has 0 N–H and O–H groups in total. The monoisotopic (exact) mass is 291 g/mol. The summed E-state index contributed by atoms with van der Waals surface area (Å²) in [6, 6.07) is 8.44. The zero-order valence-electron chi connectivity index (χ0n) is 13.5. The van der Waals surface area contributed by atoms with Crippen LogP contribution >= 0.6 is 0 Å². The summed E-state index contributed by atoms with van der Waals surface area (Å²) in [6.45, 7) is 6.14. The molecule has 0 amide bonds. The van der Waals surface area contributed by atoms with E-state index in [0.29, 0.717) is 0 Å². The van der Waals surface area contributed by atoms with Crippen LogP contribution in [0.5, 0.6) is 0 Å². The van der Waals surface area contributed by atoms with E-state index >= 15 is 0 Å². The predicted octanol–water partition coefficient (Wildman–Crippen LogP) is 4.50. The van der Waals surface area contributed by atoms with Gasteiger partial charge in [0, 0.05) is 22.2 Å². The summed E-state index contributed by atoms with van der Waals surface area (Å²) in [4.78, 5) is 17.2. The molecule has 0 saturated carbocycles. The van der Waals surface area contributed by atoms with Gasteiger partial charge in [-0.1, -0.05) is 32.0 Å². The molecule has 0 bridgehead atoms. The third kappa shape index (κ3) is 1.79. The lowest BCUT2D eigenvalue weighted by Gasteiger charge is -2.38. The number of hydrogen-bond acceptors (Lipinski definition) is 2. The highest BCUT2D eigenvalue weighted by atomic mass is 16.1. The molecule has 1 aromatic heterocycles. The first-order valence-corrected chi connectivity index (χ1v) is 8.14. The third-order valence-electron chi connectivity index (χ3n) is 5.17. The Morgan fingerprint density at radius 3 is 2.73 bits per heavy atom. The third-order valence-corrected chi connectivity index (χ3v) is 5.17.